The summed E-state index contributed by atoms with van der Waals surface area (Å²) in [7, 11) is 0. The molecule has 1 aliphatic heterocycles. The summed E-state index contributed by atoms with van der Waals surface area (Å²) in [6.07, 6.45) is 0.904. The van der Waals surface area contributed by atoms with E-state index < -0.39 is 65.4 Å². The zero-order chi connectivity index (χ0) is 33.8. The predicted octanol–water partition coefficient (Wildman–Crippen LogP) is 5.45. The summed E-state index contributed by atoms with van der Waals surface area (Å²) in [5.74, 6) is -4.10. The van der Waals surface area contributed by atoms with Gasteiger partial charge in [-0.1, -0.05) is 6.07 Å². The van der Waals surface area contributed by atoms with E-state index in [4.69, 9.17) is 0 Å². The number of benzene rings is 2. The number of carbonyl (C=O) groups excluding carboxylic acids is 4. The Labute approximate surface area is 282 Å². The van der Waals surface area contributed by atoms with E-state index in [0.717, 1.165) is 21.1 Å². The van der Waals surface area contributed by atoms with Gasteiger partial charge in [-0.15, -0.1) is 0 Å². The van der Waals surface area contributed by atoms with Crippen molar-refractivity contribution in [3.05, 3.63) is 96.7 Å². The number of ether oxygens (including phenoxy) is 1. The monoisotopic (exact) mass is 751 g/mol. The molecule has 9 nitrogen and oxygen atoms in total. The first kappa shape index (κ1) is 35.7. The van der Waals surface area contributed by atoms with Gasteiger partial charge in [-0.3, -0.25) is 0 Å². The van der Waals surface area contributed by atoms with Crippen LogP contribution in [0.15, 0.2) is 91.1 Å². The Morgan fingerprint density at radius 1 is 0.979 bits per heavy atom. The third-order valence-electron chi connectivity index (χ3n) is 7.51. The predicted molar refractivity (Wildman–Crippen MR) is 171 cm³/mol. The molecule has 2 N–H and O–H groups in total. The number of hydrogen-bond acceptors (Lipinski definition) is 7. The fourth-order valence-electron chi connectivity index (χ4n) is 5.19. The van der Waals surface area contributed by atoms with Gasteiger partial charge in [0.2, 0.25) is 0 Å². The Morgan fingerprint density at radius 3 is 2.32 bits per heavy atom. The molecule has 245 valence electrons. The molecule has 0 aliphatic carbocycles. The Kier molecular flexibility index (Phi) is 13.0. The van der Waals surface area contributed by atoms with Crippen LogP contribution in [0.4, 0.5) is 19.0 Å². The van der Waals surface area contributed by atoms with Crippen molar-refractivity contribution in [2.45, 2.75) is 58.8 Å². The molecule has 47 heavy (non-hydrogen) atoms. The number of amides is 2. The maximum absolute atomic E-state index is 14.1. The number of pyridine rings is 1. The van der Waals surface area contributed by atoms with E-state index >= 15 is 0 Å². The molecule has 0 fully saturated rings. The molecule has 3 atom stereocenters. The minimum atomic E-state index is -5.35. The van der Waals surface area contributed by atoms with E-state index in [0.29, 0.717) is 24.9 Å². The number of esters is 2. The van der Waals surface area contributed by atoms with Crippen molar-refractivity contribution in [2.75, 3.05) is 11.9 Å². The van der Waals surface area contributed by atoms with Crippen molar-refractivity contribution in [3.63, 3.8) is 0 Å². The quantitative estimate of drug-likeness (QED) is 0.0975. The first-order chi connectivity index (χ1) is 22.5. The van der Waals surface area contributed by atoms with E-state index in [-0.39, 0.29) is 16.1 Å². The number of nitrogens with zero attached hydrogens (tertiary/aromatic N) is 2. The molecule has 1 radical (unpaired) electrons. The molecule has 0 saturated carbocycles. The summed E-state index contributed by atoms with van der Waals surface area (Å²) in [5, 5.41) is 5.92. The number of rotatable bonds is 14. The molecule has 3 aromatic rings. The van der Waals surface area contributed by atoms with Crippen molar-refractivity contribution >= 4 is 52.5 Å². The first-order valence-corrected chi connectivity index (χ1v) is 19.5. The van der Waals surface area contributed by atoms with Crippen molar-refractivity contribution < 1.29 is 37.1 Å². The second kappa shape index (κ2) is 17.1. The average molecular weight is 751 g/mol. The van der Waals surface area contributed by atoms with Gasteiger partial charge in [0.1, 0.15) is 0 Å². The van der Waals surface area contributed by atoms with Crippen LogP contribution in [0.25, 0.3) is 11.1 Å². The van der Waals surface area contributed by atoms with Crippen LogP contribution in [0.5, 0.6) is 0 Å². The zero-order valence-corrected chi connectivity index (χ0v) is 29.1. The van der Waals surface area contributed by atoms with E-state index in [9.17, 15) is 32.3 Å². The van der Waals surface area contributed by atoms with Crippen LogP contribution in [0.2, 0.25) is 4.18 Å². The Bertz CT molecular complexity index is 1540. The van der Waals surface area contributed by atoms with Crippen molar-refractivity contribution in [3.8, 4) is 11.1 Å². The van der Waals surface area contributed by atoms with E-state index in [2.05, 4.69) is 20.4 Å². The minimum absolute atomic E-state index is 0.180. The summed E-state index contributed by atoms with van der Waals surface area (Å²) >= 11 is -1.47. The number of nitrogens with one attached hydrogen (secondary N) is 2. The second-order valence-corrected chi connectivity index (χ2v) is 15.6. The van der Waals surface area contributed by atoms with Gasteiger partial charge >= 0.3 is 254 Å². The van der Waals surface area contributed by atoms with Gasteiger partial charge in [0, 0.05) is 6.20 Å². The molecular formula is C34H35F3InN4O5. The van der Waals surface area contributed by atoms with Gasteiger partial charge in [-0.2, -0.15) is 0 Å². The Morgan fingerprint density at radius 2 is 1.68 bits per heavy atom. The van der Waals surface area contributed by atoms with Crippen LogP contribution in [0.1, 0.15) is 44.2 Å². The van der Waals surface area contributed by atoms with Crippen LogP contribution in [-0.2, 0) is 23.9 Å². The molecule has 1 aliphatic rings. The van der Waals surface area contributed by atoms with E-state index in [1.165, 1.54) is 4.90 Å². The normalized spacial score (nSPS) is 15.2. The number of anilines is 1. The fraction of sp³-hybridized carbons (Fsp3) is 0.324. The summed E-state index contributed by atoms with van der Waals surface area (Å²) < 4.78 is 43.4. The van der Waals surface area contributed by atoms with Gasteiger partial charge in [0.05, 0.1) is 0 Å². The van der Waals surface area contributed by atoms with Crippen LogP contribution in [0, 0.1) is 0 Å². The number of alkyl halides is 3. The molecule has 4 rings (SSSR count). The molecule has 2 amide bonds. The molecule has 1 unspecified atom stereocenters. The van der Waals surface area contributed by atoms with E-state index in [1.54, 1.807) is 37.4 Å². The summed E-state index contributed by atoms with van der Waals surface area (Å²) in [6.45, 7) is 2.16. The number of aromatic nitrogens is 1. The van der Waals surface area contributed by atoms with Gasteiger partial charge in [0.15, 0.2) is 0 Å². The number of allylic oxidation sites excluding steroid dienone is 1. The third-order valence-corrected chi connectivity index (χ3v) is 12.0. The van der Waals surface area contributed by atoms with Crippen LogP contribution in [-0.4, -0.2) is 79.1 Å². The number of carbonyl (C=O) groups is 4. The first-order valence-electron chi connectivity index (χ1n) is 15.3. The molecule has 0 spiro atoms. The SMILES string of the molecule is C[C@H](NC(=O)CCCCNc1ccccn1)C(=O)N(C(CC(=O)OC(=O)C(F)(F)F)c1ccc(-c2ccccc2)cc1)[C@@H]1C=C[CH2][In]1. The topological polar surface area (TPSA) is 118 Å². The molecule has 0 saturated heterocycles. The van der Waals surface area contributed by atoms with Crippen molar-refractivity contribution in [1.82, 2.24) is 15.2 Å². The van der Waals surface area contributed by atoms with Gasteiger partial charge in [0.25, 0.3) is 0 Å². The van der Waals surface area contributed by atoms with Crippen LogP contribution >= 0.6 is 0 Å². The Hall–Kier alpha value is -4.13. The molecular weight excluding hydrogens is 716 g/mol. The van der Waals surface area contributed by atoms with Crippen LogP contribution < -0.4 is 10.6 Å². The number of halogens is 3. The Balaban J connectivity index is 1.50. The maximum atomic E-state index is 14.1. The van der Waals surface area contributed by atoms with E-state index in [1.807, 2.05) is 60.7 Å². The summed E-state index contributed by atoms with van der Waals surface area (Å²) in [5.41, 5.74) is 2.27. The molecule has 13 heteroatoms. The summed E-state index contributed by atoms with van der Waals surface area (Å²) in [4.78, 5) is 56.8. The molecule has 0 bridgehead atoms. The van der Waals surface area contributed by atoms with Crippen molar-refractivity contribution in [1.29, 1.82) is 0 Å². The third kappa shape index (κ3) is 10.7. The molecule has 2 aromatic carbocycles. The van der Waals surface area contributed by atoms with Gasteiger partial charge in [-0.05, 0) is 12.1 Å². The number of unbranched alkanes of at least 4 members (excludes halogenated alkanes) is 1. The van der Waals surface area contributed by atoms with Crippen molar-refractivity contribution in [2.24, 2.45) is 0 Å². The molecule has 2 heterocycles. The second-order valence-electron chi connectivity index (χ2n) is 11.0. The van der Waals surface area contributed by atoms with Gasteiger partial charge in [-0.25, -0.2) is 4.98 Å². The molecule has 1 aromatic heterocycles. The zero-order valence-electron chi connectivity index (χ0n) is 25.8. The summed E-state index contributed by atoms with van der Waals surface area (Å²) in [6, 6.07) is 20.0. The van der Waals surface area contributed by atoms with Gasteiger partial charge < -0.3 is 0 Å². The fourth-order valence-corrected chi connectivity index (χ4v) is 9.44. The average Bonchev–Trinajstić information content (AvgIpc) is 3.59. The number of hydrogen-bond donors (Lipinski definition) is 2. The standard InChI is InChI=1S/C34H35F3N4O5.In/c1-3-4-22-41(32(44)24(2)40-30(42)15-9-11-21-39-29-14-8-10-20-38-29)28(23-31(43)46-33(45)34(35,36)37)27-18-16-26(17-19-27)25-12-6-5-7-13-25;/h3-8,10,12-14,16-20,22,24,28H,1,9,11,15,21,23H2,2H3,(H,38,39)(H,40,42);/t24-,28?;/m0./s1. The van der Waals surface area contributed by atoms with Crippen LogP contribution in [0.3, 0.4) is 0 Å².